The fourth-order valence-electron chi connectivity index (χ4n) is 2.85. The maximum Gasteiger partial charge on any atom is 0.293 e. The predicted octanol–water partition coefficient (Wildman–Crippen LogP) is 5.25. The first kappa shape index (κ1) is 20.9. The third kappa shape index (κ3) is 4.79. The van der Waals surface area contributed by atoms with Crippen LogP contribution in [0.3, 0.4) is 0 Å². The van der Waals surface area contributed by atoms with Crippen LogP contribution in [-0.2, 0) is 11.4 Å². The van der Waals surface area contributed by atoms with E-state index in [1.807, 2.05) is 6.92 Å². The topological polar surface area (TPSA) is 55.8 Å². The summed E-state index contributed by atoms with van der Waals surface area (Å²) in [6.07, 6.45) is 1.66. The van der Waals surface area contributed by atoms with Crippen LogP contribution in [-0.4, -0.2) is 28.7 Å². The molecule has 2 aromatic rings. The van der Waals surface area contributed by atoms with Gasteiger partial charge in [-0.1, -0.05) is 24.3 Å². The van der Waals surface area contributed by atoms with E-state index in [9.17, 15) is 14.0 Å². The Balaban J connectivity index is 1.82. The molecule has 0 aromatic heterocycles. The van der Waals surface area contributed by atoms with Crippen LogP contribution in [0.1, 0.15) is 31.9 Å². The first-order chi connectivity index (χ1) is 13.9. The number of carbonyl (C=O) groups is 2. The number of carbonyl (C=O) groups excluding carboxylic acids is 2. The van der Waals surface area contributed by atoms with Crippen molar-refractivity contribution in [1.82, 2.24) is 4.90 Å². The number of rotatable bonds is 7. The molecule has 0 N–H and O–H groups in total. The predicted molar refractivity (Wildman–Crippen MR) is 111 cm³/mol. The van der Waals surface area contributed by atoms with Crippen LogP contribution in [0.4, 0.5) is 9.18 Å². The van der Waals surface area contributed by atoms with Gasteiger partial charge in [0.1, 0.15) is 12.4 Å². The van der Waals surface area contributed by atoms with Gasteiger partial charge in [-0.2, -0.15) is 0 Å². The Morgan fingerprint density at radius 2 is 1.86 bits per heavy atom. The number of ether oxygens (including phenoxy) is 2. The van der Waals surface area contributed by atoms with Crippen LogP contribution in [0.2, 0.25) is 0 Å². The Morgan fingerprint density at radius 1 is 1.10 bits per heavy atom. The van der Waals surface area contributed by atoms with Crippen molar-refractivity contribution in [3.8, 4) is 11.5 Å². The van der Waals surface area contributed by atoms with E-state index in [2.05, 4.69) is 0 Å². The molecule has 0 bridgehead atoms. The average molecular weight is 415 g/mol. The van der Waals surface area contributed by atoms with Gasteiger partial charge >= 0.3 is 0 Å². The van der Waals surface area contributed by atoms with E-state index in [1.165, 1.54) is 11.0 Å². The largest absolute Gasteiger partial charge is 0.490 e. The summed E-state index contributed by atoms with van der Waals surface area (Å²) in [5, 5.41) is -0.272. The van der Waals surface area contributed by atoms with Gasteiger partial charge in [-0.3, -0.25) is 14.5 Å². The molecular formula is C22H22FNO4S. The van der Waals surface area contributed by atoms with E-state index >= 15 is 0 Å². The minimum Gasteiger partial charge on any atom is -0.490 e. The summed E-state index contributed by atoms with van der Waals surface area (Å²) in [4.78, 5) is 26.1. The lowest BCUT2D eigenvalue weighted by molar-refractivity contribution is -0.123. The molecule has 1 fully saturated rings. The third-order valence-electron chi connectivity index (χ3n) is 4.25. The molecule has 0 spiro atoms. The number of nitrogens with zero attached hydrogens (tertiary/aromatic N) is 1. The molecule has 29 heavy (non-hydrogen) atoms. The van der Waals surface area contributed by atoms with E-state index in [-0.39, 0.29) is 29.6 Å². The van der Waals surface area contributed by atoms with Gasteiger partial charge in [-0.05, 0) is 62.4 Å². The Hall–Kier alpha value is -2.80. The van der Waals surface area contributed by atoms with E-state index < -0.39 is 0 Å². The molecule has 1 aliphatic rings. The van der Waals surface area contributed by atoms with Crippen molar-refractivity contribution in [2.75, 3.05) is 6.61 Å². The second-order valence-electron chi connectivity index (χ2n) is 6.66. The monoisotopic (exact) mass is 415 g/mol. The molecule has 0 aliphatic carbocycles. The highest BCUT2D eigenvalue weighted by atomic mass is 32.2. The van der Waals surface area contributed by atoms with Crippen molar-refractivity contribution >= 4 is 29.0 Å². The minimum absolute atomic E-state index is 0.0688. The summed E-state index contributed by atoms with van der Waals surface area (Å²) in [6, 6.07) is 11.4. The molecule has 0 unspecified atom stereocenters. The first-order valence-corrected chi connectivity index (χ1v) is 10.1. The summed E-state index contributed by atoms with van der Waals surface area (Å²) in [5.41, 5.74) is 1.15. The molecule has 152 valence electrons. The molecule has 2 aromatic carbocycles. The molecule has 5 nitrogen and oxygen atoms in total. The van der Waals surface area contributed by atoms with Gasteiger partial charge in [0.05, 0.1) is 11.5 Å². The Bertz CT molecular complexity index is 958. The highest BCUT2D eigenvalue weighted by molar-refractivity contribution is 8.18. The third-order valence-corrected chi connectivity index (χ3v) is 5.13. The van der Waals surface area contributed by atoms with Crippen LogP contribution >= 0.6 is 11.8 Å². The van der Waals surface area contributed by atoms with Gasteiger partial charge in [0.2, 0.25) is 0 Å². The molecular weight excluding hydrogens is 393 g/mol. The zero-order valence-electron chi connectivity index (χ0n) is 16.5. The van der Waals surface area contributed by atoms with E-state index in [0.717, 1.165) is 11.8 Å². The fraction of sp³-hybridized carbons (Fsp3) is 0.273. The van der Waals surface area contributed by atoms with Crippen LogP contribution < -0.4 is 9.47 Å². The van der Waals surface area contributed by atoms with Gasteiger partial charge in [-0.25, -0.2) is 4.39 Å². The SMILES string of the molecule is CCOc1cc(/C=C2\SC(=O)N(C(C)C)C2=O)ccc1OCc1ccccc1F. The molecule has 1 saturated heterocycles. The number of thioether (sulfide) groups is 1. The Morgan fingerprint density at radius 3 is 2.52 bits per heavy atom. The van der Waals surface area contributed by atoms with Gasteiger partial charge in [0, 0.05) is 11.6 Å². The molecule has 0 saturated carbocycles. The zero-order valence-corrected chi connectivity index (χ0v) is 17.3. The summed E-state index contributed by atoms with van der Waals surface area (Å²) < 4.78 is 25.2. The molecule has 2 amide bonds. The second-order valence-corrected chi connectivity index (χ2v) is 7.66. The van der Waals surface area contributed by atoms with E-state index in [0.29, 0.717) is 34.1 Å². The number of hydrogen-bond donors (Lipinski definition) is 0. The average Bonchev–Trinajstić information content (AvgIpc) is 2.96. The number of halogens is 1. The molecule has 1 aliphatic heterocycles. The molecule has 0 radical (unpaired) electrons. The highest BCUT2D eigenvalue weighted by Crippen LogP contribution is 2.35. The van der Waals surface area contributed by atoms with Crippen molar-refractivity contribution in [2.45, 2.75) is 33.4 Å². The quantitative estimate of drug-likeness (QED) is 0.578. The lowest BCUT2D eigenvalue weighted by Crippen LogP contribution is -2.34. The second kappa shape index (κ2) is 9.13. The summed E-state index contributed by atoms with van der Waals surface area (Å²) in [7, 11) is 0. The normalized spacial score (nSPS) is 15.5. The van der Waals surface area contributed by atoms with Gasteiger partial charge in [0.15, 0.2) is 11.5 Å². The maximum absolute atomic E-state index is 13.8. The van der Waals surface area contributed by atoms with E-state index in [4.69, 9.17) is 9.47 Å². The van der Waals surface area contributed by atoms with Crippen LogP contribution in [0.15, 0.2) is 47.4 Å². The molecule has 0 atom stereocenters. The van der Waals surface area contributed by atoms with Crippen LogP contribution in [0.25, 0.3) is 6.08 Å². The summed E-state index contributed by atoms with van der Waals surface area (Å²) in [5.74, 6) is 0.332. The smallest absolute Gasteiger partial charge is 0.293 e. The lowest BCUT2D eigenvalue weighted by atomic mass is 10.1. The standard InChI is InChI=1S/C22H22FNO4S/c1-4-27-19-11-15(12-20-21(25)24(14(2)3)22(26)29-20)9-10-18(19)28-13-16-7-5-6-8-17(16)23/h5-12,14H,4,13H2,1-3H3/b20-12-. The zero-order chi connectivity index (χ0) is 21.0. The van der Waals surface area contributed by atoms with Gasteiger partial charge < -0.3 is 9.47 Å². The first-order valence-electron chi connectivity index (χ1n) is 9.30. The maximum atomic E-state index is 13.8. The van der Waals surface area contributed by atoms with Gasteiger partial charge in [-0.15, -0.1) is 0 Å². The van der Waals surface area contributed by atoms with Crippen molar-refractivity contribution < 1.29 is 23.5 Å². The molecule has 1 heterocycles. The van der Waals surface area contributed by atoms with Gasteiger partial charge in [0.25, 0.3) is 11.1 Å². The Labute approximate surface area is 173 Å². The lowest BCUT2D eigenvalue weighted by Gasteiger charge is -2.16. The highest BCUT2D eigenvalue weighted by Gasteiger charge is 2.36. The van der Waals surface area contributed by atoms with Crippen molar-refractivity contribution in [3.05, 3.63) is 64.3 Å². The van der Waals surface area contributed by atoms with Crippen LogP contribution in [0.5, 0.6) is 11.5 Å². The van der Waals surface area contributed by atoms with Crippen molar-refractivity contribution in [3.63, 3.8) is 0 Å². The van der Waals surface area contributed by atoms with E-state index in [1.54, 1.807) is 56.3 Å². The van der Waals surface area contributed by atoms with Crippen molar-refractivity contribution in [1.29, 1.82) is 0 Å². The molecule has 7 heteroatoms. The Kier molecular flexibility index (Phi) is 6.59. The van der Waals surface area contributed by atoms with Crippen LogP contribution in [0, 0.1) is 5.82 Å². The number of hydrogen-bond acceptors (Lipinski definition) is 5. The summed E-state index contributed by atoms with van der Waals surface area (Å²) in [6.45, 7) is 5.94. The molecule has 3 rings (SSSR count). The number of imide groups is 1. The number of benzene rings is 2. The minimum atomic E-state index is -0.331. The fourth-order valence-corrected chi connectivity index (χ4v) is 3.81. The van der Waals surface area contributed by atoms with Crippen molar-refractivity contribution in [2.24, 2.45) is 0 Å². The number of amides is 2. The summed E-state index contributed by atoms with van der Waals surface area (Å²) >= 11 is 0.922.